The van der Waals surface area contributed by atoms with Gasteiger partial charge in [-0.1, -0.05) is 32.6 Å². The Morgan fingerprint density at radius 1 is 1.05 bits per heavy atom. The van der Waals surface area contributed by atoms with Gasteiger partial charge in [0.25, 0.3) is 0 Å². The summed E-state index contributed by atoms with van der Waals surface area (Å²) in [5.41, 5.74) is 0. The molecule has 0 aromatic rings. The van der Waals surface area contributed by atoms with Crippen molar-refractivity contribution in [3.63, 3.8) is 0 Å². The van der Waals surface area contributed by atoms with E-state index < -0.39 is 18.0 Å². The molecule has 2 N–H and O–H groups in total. The number of aliphatic hydroxyl groups is 1. The number of hydrogen-bond acceptors (Lipinski definition) is 3. The molecule has 0 aromatic heterocycles. The van der Waals surface area contributed by atoms with Crippen LogP contribution in [0.5, 0.6) is 0 Å². The summed E-state index contributed by atoms with van der Waals surface area (Å²) in [5, 5.41) is 19.2. The molecule has 0 aliphatic rings. The van der Waals surface area contributed by atoms with Crippen molar-refractivity contribution in [2.24, 2.45) is 5.92 Å². The number of aliphatic hydroxyl groups excluding tert-OH is 1. The molecule has 0 bridgehead atoms. The molecule has 2 unspecified atom stereocenters. The quantitative estimate of drug-likeness (QED) is 0.345. The van der Waals surface area contributed by atoms with Crippen LogP contribution in [0.1, 0.15) is 45.4 Å². The second kappa shape index (κ2) is 9.08. The summed E-state index contributed by atoms with van der Waals surface area (Å²) >= 11 is 0. The summed E-state index contributed by atoms with van der Waals surface area (Å²) < 4.78 is 0.425. The van der Waals surface area contributed by atoms with Crippen LogP contribution in [0.15, 0.2) is 0 Å². The maximum Gasteiger partial charge on any atom is 0.316 e. The van der Waals surface area contributed by atoms with Gasteiger partial charge in [-0.05, 0) is 6.42 Å². The maximum absolute atomic E-state index is 12.0. The number of unbranched alkanes of at least 4 members (excludes halogenated alkanes) is 4. The van der Waals surface area contributed by atoms with Crippen molar-refractivity contribution < 1.29 is 24.3 Å². The number of carbonyl (C=O) groups is 2. The molecule has 20 heavy (non-hydrogen) atoms. The van der Waals surface area contributed by atoms with E-state index >= 15 is 0 Å². The Kier molecular flexibility index (Phi) is 8.65. The second-order valence-corrected chi connectivity index (χ2v) is 6.49. The van der Waals surface area contributed by atoms with Crippen molar-refractivity contribution in [1.29, 1.82) is 0 Å². The monoisotopic (exact) mass is 288 g/mol. The number of rotatable bonds is 11. The minimum absolute atomic E-state index is 0.245. The number of likely N-dealkylation sites (N-methyl/N-ethyl adjacent to an activating group) is 1. The number of carboxylic acids is 1. The van der Waals surface area contributed by atoms with Crippen LogP contribution in [0.2, 0.25) is 0 Å². The normalized spacial score (nSPS) is 14.8. The summed E-state index contributed by atoms with van der Waals surface area (Å²) in [5.74, 6) is -2.86. The number of Topliss-reactive ketones (excluding diaryl/α,β-unsaturated/α-hetero) is 1. The van der Waals surface area contributed by atoms with Gasteiger partial charge in [0.05, 0.1) is 21.1 Å². The molecule has 5 heteroatoms. The highest BCUT2D eigenvalue weighted by molar-refractivity contribution is 5.98. The van der Waals surface area contributed by atoms with Gasteiger partial charge >= 0.3 is 5.97 Å². The second-order valence-electron chi connectivity index (χ2n) is 6.49. The molecule has 0 radical (unpaired) electrons. The Labute approximate surface area is 122 Å². The summed E-state index contributed by atoms with van der Waals surface area (Å²) in [6.45, 7) is 2.37. The number of carboxylic acid groups (broad SMARTS) is 1. The molecule has 0 amide bonds. The molecule has 0 fully saturated rings. The van der Waals surface area contributed by atoms with Gasteiger partial charge in [-0.3, -0.25) is 9.59 Å². The molecule has 0 saturated carbocycles. The third-order valence-electron chi connectivity index (χ3n) is 3.26. The molecule has 0 saturated heterocycles. The summed E-state index contributed by atoms with van der Waals surface area (Å²) in [6, 6.07) is 0. The zero-order chi connectivity index (χ0) is 15.8. The van der Waals surface area contributed by atoms with E-state index in [4.69, 9.17) is 5.11 Å². The van der Waals surface area contributed by atoms with Gasteiger partial charge in [-0.2, -0.15) is 0 Å². The first-order chi connectivity index (χ1) is 9.19. The topological polar surface area (TPSA) is 74.6 Å². The average molecular weight is 288 g/mol. The molecule has 0 rings (SSSR count). The summed E-state index contributed by atoms with van der Waals surface area (Å²) in [6.07, 6.45) is 4.11. The SMILES string of the molecule is CCCCCCCC(=O)C(C(=O)O)C(O)C[N+](C)(C)C. The van der Waals surface area contributed by atoms with Gasteiger partial charge in [0.1, 0.15) is 24.3 Å². The van der Waals surface area contributed by atoms with E-state index in [1.165, 1.54) is 0 Å². The Hall–Kier alpha value is -0.940. The van der Waals surface area contributed by atoms with Crippen molar-refractivity contribution in [1.82, 2.24) is 0 Å². The fourth-order valence-corrected chi connectivity index (χ4v) is 2.24. The minimum Gasteiger partial charge on any atom is -0.481 e. The van der Waals surface area contributed by atoms with Crippen molar-refractivity contribution in [2.75, 3.05) is 27.7 Å². The molecule has 0 aliphatic heterocycles. The van der Waals surface area contributed by atoms with Crippen LogP contribution < -0.4 is 0 Å². The zero-order valence-electron chi connectivity index (χ0n) is 13.3. The Balaban J connectivity index is 4.37. The predicted octanol–water partition coefficient (Wildman–Crippen LogP) is 1.68. The van der Waals surface area contributed by atoms with Crippen LogP contribution >= 0.6 is 0 Å². The van der Waals surface area contributed by atoms with E-state index in [9.17, 15) is 14.7 Å². The Bertz CT molecular complexity index is 309. The van der Waals surface area contributed by atoms with E-state index in [1.54, 1.807) is 0 Å². The van der Waals surface area contributed by atoms with Crippen LogP contribution in [0.25, 0.3) is 0 Å². The number of aliphatic carboxylic acids is 1. The molecule has 5 nitrogen and oxygen atoms in total. The first kappa shape index (κ1) is 19.1. The lowest BCUT2D eigenvalue weighted by molar-refractivity contribution is -0.873. The first-order valence-electron chi connectivity index (χ1n) is 7.43. The standard InChI is InChI=1S/C15H29NO4/c1-5-6-7-8-9-10-12(17)14(15(19)20)13(18)11-16(2,3)4/h13-14,18H,5-11H2,1-4H3/p+1. The largest absolute Gasteiger partial charge is 0.481 e. The summed E-state index contributed by atoms with van der Waals surface area (Å²) in [7, 11) is 5.58. The van der Waals surface area contributed by atoms with Gasteiger partial charge in [0, 0.05) is 6.42 Å². The lowest BCUT2D eigenvalue weighted by Gasteiger charge is -2.28. The highest BCUT2D eigenvalue weighted by Gasteiger charge is 2.35. The van der Waals surface area contributed by atoms with E-state index in [0.29, 0.717) is 10.9 Å². The molecular formula is C15H30NO4+. The first-order valence-corrected chi connectivity index (χ1v) is 7.43. The van der Waals surface area contributed by atoms with Gasteiger partial charge in [-0.15, -0.1) is 0 Å². The van der Waals surface area contributed by atoms with Crippen molar-refractivity contribution >= 4 is 11.8 Å². The molecule has 2 atom stereocenters. The number of nitrogens with zero attached hydrogens (tertiary/aromatic N) is 1. The predicted molar refractivity (Wildman–Crippen MR) is 78.4 cm³/mol. The highest BCUT2D eigenvalue weighted by atomic mass is 16.4. The number of ketones is 1. The van der Waals surface area contributed by atoms with E-state index in [-0.39, 0.29) is 18.7 Å². The number of quaternary nitrogens is 1. The Morgan fingerprint density at radius 2 is 1.60 bits per heavy atom. The molecule has 0 aromatic carbocycles. The Morgan fingerprint density at radius 3 is 2.05 bits per heavy atom. The van der Waals surface area contributed by atoms with Crippen molar-refractivity contribution in [3.05, 3.63) is 0 Å². The van der Waals surface area contributed by atoms with Crippen LogP contribution in [-0.4, -0.2) is 60.2 Å². The summed E-state index contributed by atoms with van der Waals surface area (Å²) in [4.78, 5) is 23.2. The van der Waals surface area contributed by atoms with Crippen molar-refractivity contribution in [3.8, 4) is 0 Å². The van der Waals surface area contributed by atoms with Gasteiger partial charge in [-0.25, -0.2) is 0 Å². The third kappa shape index (κ3) is 8.27. The molecule has 0 aliphatic carbocycles. The van der Waals surface area contributed by atoms with Gasteiger partial charge in [0.15, 0.2) is 0 Å². The van der Waals surface area contributed by atoms with E-state index in [0.717, 1.165) is 25.7 Å². The third-order valence-corrected chi connectivity index (χ3v) is 3.26. The van der Waals surface area contributed by atoms with Gasteiger partial charge < -0.3 is 14.7 Å². The fourth-order valence-electron chi connectivity index (χ4n) is 2.24. The number of carbonyl (C=O) groups excluding carboxylic acids is 1. The average Bonchev–Trinajstić information content (AvgIpc) is 2.25. The highest BCUT2D eigenvalue weighted by Crippen LogP contribution is 2.14. The number of hydrogen-bond donors (Lipinski definition) is 2. The van der Waals surface area contributed by atoms with Gasteiger partial charge in [0.2, 0.25) is 0 Å². The molecule has 118 valence electrons. The van der Waals surface area contributed by atoms with Crippen LogP contribution in [0.3, 0.4) is 0 Å². The van der Waals surface area contributed by atoms with E-state index in [1.807, 2.05) is 21.1 Å². The minimum atomic E-state index is -1.29. The smallest absolute Gasteiger partial charge is 0.316 e. The van der Waals surface area contributed by atoms with Crippen LogP contribution in [0.4, 0.5) is 0 Å². The lowest BCUT2D eigenvalue weighted by atomic mass is 9.93. The lowest BCUT2D eigenvalue weighted by Crippen LogP contribution is -2.47. The molecular weight excluding hydrogens is 258 g/mol. The van der Waals surface area contributed by atoms with Crippen molar-refractivity contribution in [2.45, 2.75) is 51.6 Å². The van der Waals surface area contributed by atoms with Crippen LogP contribution in [0, 0.1) is 5.92 Å². The maximum atomic E-state index is 12.0. The molecule has 0 spiro atoms. The van der Waals surface area contributed by atoms with Crippen LogP contribution in [-0.2, 0) is 9.59 Å². The molecule has 0 heterocycles. The fraction of sp³-hybridized carbons (Fsp3) is 0.867. The zero-order valence-corrected chi connectivity index (χ0v) is 13.3. The van der Waals surface area contributed by atoms with E-state index in [2.05, 4.69) is 6.92 Å².